The fourth-order valence-corrected chi connectivity index (χ4v) is 2.84. The summed E-state index contributed by atoms with van der Waals surface area (Å²) < 4.78 is 2.22. The second-order valence-corrected chi connectivity index (χ2v) is 5.10. The maximum atomic E-state index is 4.33. The predicted molar refractivity (Wildman–Crippen MR) is 76.1 cm³/mol. The third kappa shape index (κ3) is 1.81. The van der Waals surface area contributed by atoms with Gasteiger partial charge in [0.05, 0.1) is 0 Å². The summed E-state index contributed by atoms with van der Waals surface area (Å²) in [7, 11) is 0. The Morgan fingerprint density at radius 3 is 2.70 bits per heavy atom. The number of benzene rings is 1. The Labute approximate surface area is 117 Å². The van der Waals surface area contributed by atoms with E-state index in [9.17, 15) is 0 Å². The first-order valence-corrected chi connectivity index (χ1v) is 6.79. The number of nitrogens with zero attached hydrogens (tertiary/aromatic N) is 4. The van der Waals surface area contributed by atoms with Crippen LogP contribution in [0.15, 0.2) is 54.9 Å². The Morgan fingerprint density at radius 1 is 1.00 bits per heavy atom. The monoisotopic (exact) mass is 262 g/mol. The SMILES string of the molecule is c1ccc(C2Cc3nnc(-c4cccnc4)n3C2)cc1. The van der Waals surface area contributed by atoms with Crippen LogP contribution in [0.4, 0.5) is 0 Å². The molecule has 2 aromatic heterocycles. The van der Waals surface area contributed by atoms with Crippen molar-refractivity contribution in [2.24, 2.45) is 0 Å². The molecule has 0 N–H and O–H groups in total. The summed E-state index contributed by atoms with van der Waals surface area (Å²) in [6.07, 6.45) is 4.57. The van der Waals surface area contributed by atoms with E-state index in [0.29, 0.717) is 5.92 Å². The van der Waals surface area contributed by atoms with Crippen molar-refractivity contribution in [1.82, 2.24) is 19.7 Å². The lowest BCUT2D eigenvalue weighted by atomic mass is 9.98. The molecule has 0 radical (unpaired) electrons. The van der Waals surface area contributed by atoms with Crippen LogP contribution in [0.5, 0.6) is 0 Å². The van der Waals surface area contributed by atoms with Gasteiger partial charge in [0.2, 0.25) is 0 Å². The lowest BCUT2D eigenvalue weighted by molar-refractivity contribution is 0.650. The first-order chi connectivity index (χ1) is 9.92. The van der Waals surface area contributed by atoms with Crippen LogP contribution in [0.1, 0.15) is 17.3 Å². The third-order valence-electron chi connectivity index (χ3n) is 3.85. The molecule has 0 fully saturated rings. The zero-order valence-electron chi connectivity index (χ0n) is 11.0. The molecular weight excluding hydrogens is 248 g/mol. The second-order valence-electron chi connectivity index (χ2n) is 5.10. The van der Waals surface area contributed by atoms with E-state index in [-0.39, 0.29) is 0 Å². The van der Waals surface area contributed by atoms with E-state index >= 15 is 0 Å². The van der Waals surface area contributed by atoms with E-state index in [2.05, 4.69) is 50.1 Å². The molecule has 1 aliphatic heterocycles. The minimum atomic E-state index is 0.497. The number of hydrogen-bond donors (Lipinski definition) is 0. The molecule has 0 saturated heterocycles. The smallest absolute Gasteiger partial charge is 0.165 e. The molecule has 4 rings (SSSR count). The van der Waals surface area contributed by atoms with Crippen molar-refractivity contribution in [2.45, 2.75) is 18.9 Å². The first-order valence-electron chi connectivity index (χ1n) is 6.79. The highest BCUT2D eigenvalue weighted by atomic mass is 15.3. The van der Waals surface area contributed by atoms with E-state index in [1.807, 2.05) is 18.3 Å². The number of rotatable bonds is 2. The zero-order chi connectivity index (χ0) is 13.4. The van der Waals surface area contributed by atoms with Crippen LogP contribution < -0.4 is 0 Å². The van der Waals surface area contributed by atoms with E-state index in [1.54, 1.807) is 6.20 Å². The van der Waals surface area contributed by atoms with Crippen LogP contribution in [0.2, 0.25) is 0 Å². The molecule has 1 unspecified atom stereocenters. The Balaban J connectivity index is 1.68. The second kappa shape index (κ2) is 4.56. The fourth-order valence-electron chi connectivity index (χ4n) is 2.84. The van der Waals surface area contributed by atoms with Gasteiger partial charge >= 0.3 is 0 Å². The van der Waals surface area contributed by atoms with Gasteiger partial charge in [-0.3, -0.25) is 4.98 Å². The molecule has 1 aromatic carbocycles. The summed E-state index contributed by atoms with van der Waals surface area (Å²) in [6.45, 7) is 0.941. The molecule has 0 saturated carbocycles. The molecule has 3 heterocycles. The van der Waals surface area contributed by atoms with Crippen LogP contribution in [0.25, 0.3) is 11.4 Å². The van der Waals surface area contributed by atoms with Crippen LogP contribution in [0, 0.1) is 0 Å². The average Bonchev–Trinajstić information content (AvgIpc) is 3.09. The number of aromatic nitrogens is 4. The van der Waals surface area contributed by atoms with Crippen molar-refractivity contribution >= 4 is 0 Å². The molecule has 4 nitrogen and oxygen atoms in total. The largest absolute Gasteiger partial charge is 0.310 e. The molecule has 0 aliphatic carbocycles. The lowest BCUT2D eigenvalue weighted by Crippen LogP contribution is -2.03. The summed E-state index contributed by atoms with van der Waals surface area (Å²) in [4.78, 5) is 4.16. The normalized spacial score (nSPS) is 17.1. The number of hydrogen-bond acceptors (Lipinski definition) is 3. The molecule has 20 heavy (non-hydrogen) atoms. The van der Waals surface area contributed by atoms with Gasteiger partial charge in [0.25, 0.3) is 0 Å². The molecule has 98 valence electrons. The van der Waals surface area contributed by atoms with Gasteiger partial charge in [-0.25, -0.2) is 0 Å². The van der Waals surface area contributed by atoms with Gasteiger partial charge in [-0.05, 0) is 17.7 Å². The third-order valence-corrected chi connectivity index (χ3v) is 3.85. The molecule has 0 bridgehead atoms. The van der Waals surface area contributed by atoms with Crippen LogP contribution in [-0.4, -0.2) is 19.7 Å². The standard InChI is InChI=1S/C16H14N4/c1-2-5-12(6-3-1)14-9-15-18-19-16(20(15)11-14)13-7-4-8-17-10-13/h1-8,10,14H,9,11H2. The van der Waals surface area contributed by atoms with Crippen molar-refractivity contribution < 1.29 is 0 Å². The lowest BCUT2D eigenvalue weighted by Gasteiger charge is -2.09. The maximum absolute atomic E-state index is 4.33. The Bertz CT molecular complexity index is 719. The minimum absolute atomic E-state index is 0.497. The number of fused-ring (bicyclic) bond motifs is 1. The van der Waals surface area contributed by atoms with E-state index in [1.165, 1.54) is 5.56 Å². The maximum Gasteiger partial charge on any atom is 0.165 e. The van der Waals surface area contributed by atoms with E-state index in [4.69, 9.17) is 0 Å². The molecule has 0 amide bonds. The molecule has 1 atom stereocenters. The van der Waals surface area contributed by atoms with Crippen molar-refractivity contribution in [3.63, 3.8) is 0 Å². The van der Waals surface area contributed by atoms with Crippen LogP contribution >= 0.6 is 0 Å². The summed E-state index contributed by atoms with van der Waals surface area (Å²) in [5.41, 5.74) is 2.40. The van der Waals surface area contributed by atoms with Gasteiger partial charge in [0.1, 0.15) is 5.82 Å². The van der Waals surface area contributed by atoms with Crippen molar-refractivity contribution in [3.05, 3.63) is 66.2 Å². The molecule has 0 spiro atoms. The Hall–Kier alpha value is -2.49. The molecule has 1 aliphatic rings. The molecule has 3 aromatic rings. The minimum Gasteiger partial charge on any atom is -0.310 e. The quantitative estimate of drug-likeness (QED) is 0.713. The van der Waals surface area contributed by atoms with Gasteiger partial charge in [-0.15, -0.1) is 10.2 Å². The van der Waals surface area contributed by atoms with Gasteiger partial charge < -0.3 is 4.57 Å². The van der Waals surface area contributed by atoms with Gasteiger partial charge in [0, 0.05) is 36.8 Å². The van der Waals surface area contributed by atoms with Gasteiger partial charge in [0.15, 0.2) is 5.82 Å². The Kier molecular flexibility index (Phi) is 2.59. The van der Waals surface area contributed by atoms with Crippen molar-refractivity contribution in [2.75, 3.05) is 0 Å². The highest BCUT2D eigenvalue weighted by Crippen LogP contribution is 2.31. The van der Waals surface area contributed by atoms with Crippen molar-refractivity contribution in [3.8, 4) is 11.4 Å². The van der Waals surface area contributed by atoms with E-state index in [0.717, 1.165) is 30.2 Å². The van der Waals surface area contributed by atoms with Crippen LogP contribution in [-0.2, 0) is 13.0 Å². The molecular formula is C16H14N4. The van der Waals surface area contributed by atoms with Crippen LogP contribution in [0.3, 0.4) is 0 Å². The summed E-state index contributed by atoms with van der Waals surface area (Å²) in [6, 6.07) is 14.6. The number of pyridine rings is 1. The summed E-state index contributed by atoms with van der Waals surface area (Å²) in [5.74, 6) is 2.49. The predicted octanol–water partition coefficient (Wildman–Crippen LogP) is 2.68. The average molecular weight is 262 g/mol. The first kappa shape index (κ1) is 11.3. The summed E-state index contributed by atoms with van der Waals surface area (Å²) >= 11 is 0. The molecule has 4 heteroatoms. The van der Waals surface area contributed by atoms with Gasteiger partial charge in [-0.2, -0.15) is 0 Å². The Morgan fingerprint density at radius 2 is 1.90 bits per heavy atom. The zero-order valence-corrected chi connectivity index (χ0v) is 11.0. The van der Waals surface area contributed by atoms with Gasteiger partial charge in [-0.1, -0.05) is 30.3 Å². The highest BCUT2D eigenvalue weighted by molar-refractivity contribution is 5.54. The van der Waals surface area contributed by atoms with Crippen molar-refractivity contribution in [1.29, 1.82) is 0 Å². The highest BCUT2D eigenvalue weighted by Gasteiger charge is 2.27. The fraction of sp³-hybridized carbons (Fsp3) is 0.188. The topological polar surface area (TPSA) is 43.6 Å². The summed E-state index contributed by atoms with van der Waals surface area (Å²) in [5, 5.41) is 8.64. The van der Waals surface area contributed by atoms with E-state index < -0.39 is 0 Å².